The van der Waals surface area contributed by atoms with Crippen LogP contribution in [0.1, 0.15) is 57.7 Å². The van der Waals surface area contributed by atoms with Gasteiger partial charge in [0.05, 0.1) is 6.04 Å². The van der Waals surface area contributed by atoms with Gasteiger partial charge in [0.1, 0.15) is 5.00 Å². The molecule has 1 aliphatic rings. The molecule has 156 valence electrons. The van der Waals surface area contributed by atoms with Gasteiger partial charge in [0.2, 0.25) is 0 Å². The average Bonchev–Trinajstić information content (AvgIpc) is 3.04. The molecule has 1 atom stereocenters. The van der Waals surface area contributed by atoms with Gasteiger partial charge in [-0.1, -0.05) is 55.5 Å². The quantitative estimate of drug-likeness (QED) is 0.517. The molecule has 0 unspecified atom stereocenters. The second-order valence-electron chi connectivity index (χ2n) is 8.38. The monoisotopic (exact) mass is 418 g/mol. The van der Waals surface area contributed by atoms with Crippen molar-refractivity contribution in [1.29, 1.82) is 0 Å². The molecule has 1 aliphatic heterocycles. The largest absolute Gasteiger partial charge is 0.313 e. The van der Waals surface area contributed by atoms with Crippen LogP contribution >= 0.6 is 11.3 Å². The van der Waals surface area contributed by atoms with Crippen LogP contribution in [0, 0.1) is 19.8 Å². The van der Waals surface area contributed by atoms with E-state index < -0.39 is 0 Å². The highest BCUT2D eigenvalue weighted by atomic mass is 32.1. The summed E-state index contributed by atoms with van der Waals surface area (Å²) in [6.45, 7) is 8.87. The molecule has 0 aliphatic carbocycles. The number of thiophene rings is 1. The topological polar surface area (TPSA) is 32.3 Å². The van der Waals surface area contributed by atoms with E-state index in [-0.39, 0.29) is 11.9 Å². The molecule has 1 amide bonds. The van der Waals surface area contributed by atoms with Crippen molar-refractivity contribution in [2.45, 2.75) is 39.7 Å². The van der Waals surface area contributed by atoms with Gasteiger partial charge in [-0.05, 0) is 69.0 Å². The predicted molar refractivity (Wildman–Crippen MR) is 126 cm³/mol. The lowest BCUT2D eigenvalue weighted by Gasteiger charge is -2.37. The van der Waals surface area contributed by atoms with Gasteiger partial charge in [0.15, 0.2) is 0 Å². The van der Waals surface area contributed by atoms with E-state index in [9.17, 15) is 4.79 Å². The molecular weight excluding hydrogens is 388 g/mol. The number of anilines is 1. The normalized spacial score (nSPS) is 16.4. The molecule has 1 fully saturated rings. The first kappa shape index (κ1) is 20.8. The van der Waals surface area contributed by atoms with Crippen LogP contribution in [0.4, 0.5) is 5.00 Å². The number of hydrogen-bond donors (Lipinski definition) is 1. The highest BCUT2D eigenvalue weighted by Gasteiger charge is 2.31. The molecule has 1 aromatic heterocycles. The van der Waals surface area contributed by atoms with Crippen LogP contribution in [-0.4, -0.2) is 23.9 Å². The van der Waals surface area contributed by atoms with Crippen LogP contribution in [0.2, 0.25) is 0 Å². The zero-order valence-electron chi connectivity index (χ0n) is 18.0. The molecule has 0 bridgehead atoms. The van der Waals surface area contributed by atoms with Gasteiger partial charge in [-0.25, -0.2) is 0 Å². The van der Waals surface area contributed by atoms with E-state index in [2.05, 4.69) is 61.3 Å². The lowest BCUT2D eigenvalue weighted by molar-refractivity contribution is 0.102. The maximum absolute atomic E-state index is 12.9. The molecule has 30 heavy (non-hydrogen) atoms. The molecule has 1 saturated heterocycles. The number of nitrogens with one attached hydrogen (secondary N) is 1. The molecule has 0 radical (unpaired) electrons. The lowest BCUT2D eigenvalue weighted by Crippen LogP contribution is -2.37. The van der Waals surface area contributed by atoms with E-state index in [1.54, 1.807) is 11.3 Å². The van der Waals surface area contributed by atoms with Crippen molar-refractivity contribution in [1.82, 2.24) is 4.90 Å². The number of aryl methyl sites for hydroxylation is 1. The highest BCUT2D eigenvalue weighted by Crippen LogP contribution is 2.43. The highest BCUT2D eigenvalue weighted by molar-refractivity contribution is 7.16. The van der Waals surface area contributed by atoms with Crippen molar-refractivity contribution in [2.24, 2.45) is 5.92 Å². The van der Waals surface area contributed by atoms with E-state index in [4.69, 9.17) is 0 Å². The Morgan fingerprint density at radius 1 is 1.00 bits per heavy atom. The van der Waals surface area contributed by atoms with Gasteiger partial charge in [0.25, 0.3) is 5.91 Å². The van der Waals surface area contributed by atoms with E-state index in [0.717, 1.165) is 24.0 Å². The first-order chi connectivity index (χ1) is 14.5. The average molecular weight is 419 g/mol. The van der Waals surface area contributed by atoms with Gasteiger partial charge < -0.3 is 5.32 Å². The van der Waals surface area contributed by atoms with Crippen molar-refractivity contribution in [3.63, 3.8) is 0 Å². The predicted octanol–water partition coefficient (Wildman–Crippen LogP) is 6.44. The zero-order chi connectivity index (χ0) is 21.1. The van der Waals surface area contributed by atoms with Gasteiger partial charge in [-0.2, -0.15) is 0 Å². The van der Waals surface area contributed by atoms with Gasteiger partial charge in [0, 0.05) is 16.0 Å². The van der Waals surface area contributed by atoms with Crippen LogP contribution in [-0.2, 0) is 0 Å². The Hall–Kier alpha value is -2.43. The van der Waals surface area contributed by atoms with E-state index in [1.165, 1.54) is 34.4 Å². The summed E-state index contributed by atoms with van der Waals surface area (Å²) >= 11 is 1.69. The van der Waals surface area contributed by atoms with E-state index in [0.29, 0.717) is 5.56 Å². The van der Waals surface area contributed by atoms with E-state index >= 15 is 0 Å². The van der Waals surface area contributed by atoms with Crippen molar-refractivity contribution in [2.75, 3.05) is 18.4 Å². The number of carbonyl (C=O) groups excluding carboxylic acids is 1. The molecule has 2 aromatic carbocycles. The van der Waals surface area contributed by atoms with Crippen molar-refractivity contribution in [3.8, 4) is 0 Å². The number of nitrogens with zero attached hydrogens (tertiary/aromatic N) is 1. The Morgan fingerprint density at radius 3 is 2.23 bits per heavy atom. The van der Waals surface area contributed by atoms with E-state index in [1.807, 2.05) is 30.3 Å². The maximum atomic E-state index is 12.9. The fourth-order valence-electron chi connectivity index (χ4n) is 4.31. The molecule has 4 rings (SSSR count). The molecule has 4 heteroatoms. The third kappa shape index (κ3) is 4.35. The minimum Gasteiger partial charge on any atom is -0.313 e. The van der Waals surface area contributed by atoms with Crippen LogP contribution in [0.25, 0.3) is 0 Å². The summed E-state index contributed by atoms with van der Waals surface area (Å²) in [5, 5.41) is 4.22. The summed E-state index contributed by atoms with van der Waals surface area (Å²) in [5.41, 5.74) is 4.52. The van der Waals surface area contributed by atoms with Gasteiger partial charge >= 0.3 is 0 Å². The fraction of sp³-hybridized carbons (Fsp3) is 0.346. The fourth-order valence-corrected chi connectivity index (χ4v) is 5.40. The van der Waals surface area contributed by atoms with Crippen molar-refractivity contribution < 1.29 is 4.79 Å². The summed E-state index contributed by atoms with van der Waals surface area (Å²) in [6.07, 6.45) is 2.44. The summed E-state index contributed by atoms with van der Waals surface area (Å²) < 4.78 is 0. The lowest BCUT2D eigenvalue weighted by atomic mass is 9.91. The minimum atomic E-state index is -0.0443. The first-order valence-electron chi connectivity index (χ1n) is 10.8. The minimum absolute atomic E-state index is 0.0443. The van der Waals surface area contributed by atoms with Crippen LogP contribution in [0.3, 0.4) is 0 Å². The van der Waals surface area contributed by atoms with Crippen LogP contribution in [0.5, 0.6) is 0 Å². The maximum Gasteiger partial charge on any atom is 0.256 e. The zero-order valence-corrected chi connectivity index (χ0v) is 18.8. The number of piperidine rings is 1. The third-order valence-corrected chi connectivity index (χ3v) is 7.41. The number of amides is 1. The van der Waals surface area contributed by atoms with Crippen LogP contribution in [0.15, 0.2) is 60.7 Å². The van der Waals surface area contributed by atoms with Gasteiger partial charge in [-0.3, -0.25) is 9.69 Å². The summed E-state index contributed by atoms with van der Waals surface area (Å²) in [4.78, 5) is 16.8. The van der Waals surface area contributed by atoms with Crippen molar-refractivity contribution in [3.05, 3.63) is 87.8 Å². The summed E-state index contributed by atoms with van der Waals surface area (Å²) in [5.74, 6) is 0.734. The second-order valence-corrected chi connectivity index (χ2v) is 9.60. The molecule has 0 spiro atoms. The standard InChI is InChI=1S/C26H30N2OS/c1-18-14-16-28(17-15-18)24(21-10-6-4-7-11-21)23-19(2)20(3)30-26(23)27-25(29)22-12-8-5-9-13-22/h4-13,18,24H,14-17H2,1-3H3,(H,27,29)/t24-/m0/s1. The Morgan fingerprint density at radius 2 is 1.60 bits per heavy atom. The molecule has 0 saturated carbocycles. The summed E-state index contributed by atoms with van der Waals surface area (Å²) in [6, 6.07) is 20.4. The molecule has 2 heterocycles. The first-order valence-corrected chi connectivity index (χ1v) is 11.6. The Balaban J connectivity index is 1.74. The second kappa shape index (κ2) is 9.15. The Bertz CT molecular complexity index is 989. The molecule has 3 nitrogen and oxygen atoms in total. The number of benzene rings is 2. The number of carbonyl (C=O) groups is 1. The number of rotatable bonds is 5. The SMILES string of the molecule is Cc1sc(NC(=O)c2ccccc2)c([C@H](c2ccccc2)N2CCC(C)CC2)c1C. The molecular formula is C26H30N2OS. The summed E-state index contributed by atoms with van der Waals surface area (Å²) in [7, 11) is 0. The number of hydrogen-bond acceptors (Lipinski definition) is 3. The van der Waals surface area contributed by atoms with Gasteiger partial charge in [-0.15, -0.1) is 11.3 Å². The third-order valence-electron chi connectivity index (χ3n) is 6.27. The van der Waals surface area contributed by atoms with Crippen LogP contribution < -0.4 is 5.32 Å². The smallest absolute Gasteiger partial charge is 0.256 e. The Kier molecular flexibility index (Phi) is 6.35. The van der Waals surface area contributed by atoms with Crippen molar-refractivity contribution >= 4 is 22.2 Å². The number of likely N-dealkylation sites (tertiary alicyclic amines) is 1. The Labute approximate surface area is 183 Å². The molecule has 3 aromatic rings. The molecule has 1 N–H and O–H groups in total.